The van der Waals surface area contributed by atoms with Crippen molar-refractivity contribution < 1.29 is 14.7 Å². The van der Waals surface area contributed by atoms with Crippen LogP contribution < -0.4 is 10.6 Å². The van der Waals surface area contributed by atoms with Gasteiger partial charge < -0.3 is 15.7 Å². The third-order valence-electron chi connectivity index (χ3n) is 2.76. The number of hydrogen-bond acceptors (Lipinski definition) is 2. The van der Waals surface area contributed by atoms with Crippen LogP contribution in [0.2, 0.25) is 5.02 Å². The number of hydrogen-bond donors (Lipinski definition) is 3. The molecule has 1 atom stereocenters. The molecule has 0 radical (unpaired) electrons. The lowest BCUT2D eigenvalue weighted by molar-refractivity contribution is -0.137. The van der Waals surface area contributed by atoms with Crippen LogP contribution in [0.5, 0.6) is 0 Å². The number of carbonyl (C=O) groups is 2. The number of halogens is 1. The van der Waals surface area contributed by atoms with Crippen molar-refractivity contribution in [3.8, 4) is 0 Å². The van der Waals surface area contributed by atoms with E-state index in [9.17, 15) is 9.59 Å². The SMILES string of the molecule is CCCC(CC(=O)O)NC(=O)NCc1ccc(Cl)cc1. The molecule has 0 aliphatic heterocycles. The monoisotopic (exact) mass is 298 g/mol. The van der Waals surface area contributed by atoms with E-state index in [1.54, 1.807) is 12.1 Å². The van der Waals surface area contributed by atoms with Crippen LogP contribution in [0.3, 0.4) is 0 Å². The van der Waals surface area contributed by atoms with Crippen molar-refractivity contribution in [1.82, 2.24) is 10.6 Å². The second-order valence-corrected chi connectivity index (χ2v) is 4.97. The number of rotatable bonds is 7. The number of carboxylic acid groups (broad SMARTS) is 1. The Bertz CT molecular complexity index is 448. The third-order valence-corrected chi connectivity index (χ3v) is 3.01. The number of urea groups is 1. The second kappa shape index (κ2) is 8.43. The Labute approximate surface area is 123 Å². The summed E-state index contributed by atoms with van der Waals surface area (Å²) in [5, 5.41) is 14.8. The maximum absolute atomic E-state index is 11.7. The maximum atomic E-state index is 11.7. The fourth-order valence-electron chi connectivity index (χ4n) is 1.81. The molecule has 1 unspecified atom stereocenters. The molecule has 5 nitrogen and oxygen atoms in total. The molecule has 0 aliphatic carbocycles. The average molecular weight is 299 g/mol. The van der Waals surface area contributed by atoms with E-state index in [0.29, 0.717) is 18.0 Å². The Morgan fingerprint density at radius 1 is 1.30 bits per heavy atom. The topological polar surface area (TPSA) is 78.4 Å². The number of aliphatic carboxylic acids is 1. The van der Waals surface area contributed by atoms with Gasteiger partial charge in [-0.3, -0.25) is 4.79 Å². The zero-order chi connectivity index (χ0) is 15.0. The van der Waals surface area contributed by atoms with Crippen LogP contribution in [0.1, 0.15) is 31.7 Å². The van der Waals surface area contributed by atoms with Crippen LogP contribution in [0, 0.1) is 0 Å². The molecule has 0 fully saturated rings. The van der Waals surface area contributed by atoms with Gasteiger partial charge in [0.25, 0.3) is 0 Å². The van der Waals surface area contributed by atoms with Gasteiger partial charge in [-0.2, -0.15) is 0 Å². The summed E-state index contributed by atoms with van der Waals surface area (Å²) in [4.78, 5) is 22.4. The van der Waals surface area contributed by atoms with Crippen molar-refractivity contribution in [2.75, 3.05) is 0 Å². The molecule has 0 aromatic heterocycles. The number of amides is 2. The molecule has 0 bridgehead atoms. The van der Waals surface area contributed by atoms with Crippen LogP contribution in [0.4, 0.5) is 4.79 Å². The zero-order valence-electron chi connectivity index (χ0n) is 11.4. The number of carbonyl (C=O) groups excluding carboxylic acids is 1. The highest BCUT2D eigenvalue weighted by molar-refractivity contribution is 6.30. The van der Waals surface area contributed by atoms with Gasteiger partial charge in [0.15, 0.2) is 0 Å². The van der Waals surface area contributed by atoms with Crippen LogP contribution in [0.15, 0.2) is 24.3 Å². The van der Waals surface area contributed by atoms with E-state index in [0.717, 1.165) is 12.0 Å². The van der Waals surface area contributed by atoms with Crippen molar-refractivity contribution in [1.29, 1.82) is 0 Å². The second-order valence-electron chi connectivity index (χ2n) is 4.54. The molecule has 6 heteroatoms. The van der Waals surface area contributed by atoms with Gasteiger partial charge in [0, 0.05) is 17.6 Å². The predicted molar refractivity (Wildman–Crippen MR) is 77.8 cm³/mol. The largest absolute Gasteiger partial charge is 0.481 e. The molecule has 2 amide bonds. The quantitative estimate of drug-likeness (QED) is 0.724. The average Bonchev–Trinajstić information content (AvgIpc) is 2.37. The molecule has 3 N–H and O–H groups in total. The number of nitrogens with one attached hydrogen (secondary N) is 2. The first-order chi connectivity index (χ1) is 9.51. The normalized spacial score (nSPS) is 11.7. The first-order valence-corrected chi connectivity index (χ1v) is 6.89. The molecular weight excluding hydrogens is 280 g/mol. The fraction of sp³-hybridized carbons (Fsp3) is 0.429. The Kier molecular flexibility index (Phi) is 6.87. The van der Waals surface area contributed by atoms with Crippen LogP contribution in [-0.4, -0.2) is 23.1 Å². The summed E-state index contributed by atoms with van der Waals surface area (Å²) in [7, 11) is 0. The first kappa shape index (κ1) is 16.3. The molecule has 0 saturated carbocycles. The third kappa shape index (κ3) is 6.43. The Hall–Kier alpha value is -1.75. The lowest BCUT2D eigenvalue weighted by Gasteiger charge is -2.16. The van der Waals surface area contributed by atoms with Crippen molar-refractivity contribution in [3.63, 3.8) is 0 Å². The summed E-state index contributed by atoms with van der Waals surface area (Å²) in [6, 6.07) is 6.44. The minimum Gasteiger partial charge on any atom is -0.481 e. The minimum atomic E-state index is -0.915. The number of carboxylic acids is 1. The van der Waals surface area contributed by atoms with E-state index >= 15 is 0 Å². The first-order valence-electron chi connectivity index (χ1n) is 6.52. The van der Waals surface area contributed by atoms with E-state index < -0.39 is 5.97 Å². The van der Waals surface area contributed by atoms with Gasteiger partial charge in [0.1, 0.15) is 0 Å². The Balaban J connectivity index is 2.41. The van der Waals surface area contributed by atoms with E-state index in [1.807, 2.05) is 19.1 Å². The highest BCUT2D eigenvalue weighted by Gasteiger charge is 2.14. The van der Waals surface area contributed by atoms with Gasteiger partial charge in [0.2, 0.25) is 0 Å². The molecule has 1 rings (SSSR count). The van der Waals surface area contributed by atoms with Crippen molar-refractivity contribution in [3.05, 3.63) is 34.9 Å². The lowest BCUT2D eigenvalue weighted by atomic mass is 10.1. The van der Waals surface area contributed by atoms with Gasteiger partial charge in [-0.05, 0) is 24.1 Å². The Morgan fingerprint density at radius 2 is 1.95 bits per heavy atom. The molecule has 20 heavy (non-hydrogen) atoms. The summed E-state index contributed by atoms with van der Waals surface area (Å²) in [5.41, 5.74) is 0.926. The molecule has 1 aromatic carbocycles. The van der Waals surface area contributed by atoms with E-state index in [1.165, 1.54) is 0 Å². The number of benzene rings is 1. The zero-order valence-corrected chi connectivity index (χ0v) is 12.1. The molecule has 110 valence electrons. The predicted octanol–water partition coefficient (Wildman–Crippen LogP) is 2.78. The molecular formula is C14H19ClN2O3. The van der Waals surface area contributed by atoms with Crippen LogP contribution in [-0.2, 0) is 11.3 Å². The highest BCUT2D eigenvalue weighted by Crippen LogP contribution is 2.09. The smallest absolute Gasteiger partial charge is 0.315 e. The Morgan fingerprint density at radius 3 is 2.50 bits per heavy atom. The molecule has 0 heterocycles. The highest BCUT2D eigenvalue weighted by atomic mass is 35.5. The molecule has 1 aromatic rings. The van der Waals surface area contributed by atoms with Gasteiger partial charge >= 0.3 is 12.0 Å². The minimum absolute atomic E-state index is 0.0673. The molecule has 0 aliphatic rings. The molecule has 0 saturated heterocycles. The standard InChI is InChI=1S/C14H19ClN2O3/c1-2-3-12(8-13(18)19)17-14(20)16-9-10-4-6-11(15)7-5-10/h4-7,12H,2-3,8-9H2,1H3,(H,18,19)(H2,16,17,20). The fourth-order valence-corrected chi connectivity index (χ4v) is 1.93. The van der Waals surface area contributed by atoms with Gasteiger partial charge in [-0.25, -0.2) is 4.79 Å². The van der Waals surface area contributed by atoms with Crippen LogP contribution >= 0.6 is 11.6 Å². The summed E-state index contributed by atoms with van der Waals surface area (Å²) in [6.45, 7) is 2.32. The van der Waals surface area contributed by atoms with Crippen molar-refractivity contribution in [2.45, 2.75) is 38.8 Å². The summed E-state index contributed by atoms with van der Waals surface area (Å²) in [6.07, 6.45) is 1.39. The van der Waals surface area contributed by atoms with Gasteiger partial charge in [0.05, 0.1) is 6.42 Å². The van der Waals surface area contributed by atoms with E-state index in [4.69, 9.17) is 16.7 Å². The maximum Gasteiger partial charge on any atom is 0.315 e. The van der Waals surface area contributed by atoms with Gasteiger partial charge in [-0.15, -0.1) is 0 Å². The van der Waals surface area contributed by atoms with Crippen molar-refractivity contribution in [2.24, 2.45) is 0 Å². The summed E-state index contributed by atoms with van der Waals surface area (Å²) >= 11 is 5.77. The summed E-state index contributed by atoms with van der Waals surface area (Å²) < 4.78 is 0. The van der Waals surface area contributed by atoms with Crippen molar-refractivity contribution >= 4 is 23.6 Å². The van der Waals surface area contributed by atoms with E-state index in [2.05, 4.69) is 10.6 Å². The van der Waals surface area contributed by atoms with E-state index in [-0.39, 0.29) is 18.5 Å². The van der Waals surface area contributed by atoms with Gasteiger partial charge in [-0.1, -0.05) is 37.1 Å². The molecule has 0 spiro atoms. The van der Waals surface area contributed by atoms with Crippen LogP contribution in [0.25, 0.3) is 0 Å². The lowest BCUT2D eigenvalue weighted by Crippen LogP contribution is -2.42. The summed E-state index contributed by atoms with van der Waals surface area (Å²) in [5.74, 6) is -0.915.